The highest BCUT2D eigenvalue weighted by Crippen LogP contribution is 2.30. The molecule has 0 fully saturated rings. The smallest absolute Gasteiger partial charge is 0.196 e. The number of aromatic nitrogens is 1. The Morgan fingerprint density at radius 3 is 3.06 bits per heavy atom. The van der Waals surface area contributed by atoms with Gasteiger partial charge in [-0.2, -0.15) is 0 Å². The molecule has 0 radical (unpaired) electrons. The molecule has 1 aromatic heterocycles. The van der Waals surface area contributed by atoms with Gasteiger partial charge >= 0.3 is 0 Å². The van der Waals surface area contributed by atoms with E-state index < -0.39 is 5.82 Å². The van der Waals surface area contributed by atoms with Crippen molar-refractivity contribution in [3.63, 3.8) is 0 Å². The van der Waals surface area contributed by atoms with Gasteiger partial charge in [-0.3, -0.25) is 0 Å². The number of halogens is 2. The summed E-state index contributed by atoms with van der Waals surface area (Å²) in [6.45, 7) is 3.74. The van der Waals surface area contributed by atoms with E-state index in [4.69, 9.17) is 16.0 Å². The van der Waals surface area contributed by atoms with E-state index in [0.717, 1.165) is 13.1 Å². The Kier molecular flexibility index (Phi) is 4.33. The van der Waals surface area contributed by atoms with Gasteiger partial charge in [0.05, 0.1) is 11.2 Å². The number of oxazole rings is 1. The van der Waals surface area contributed by atoms with Crippen molar-refractivity contribution in [3.05, 3.63) is 41.1 Å². The van der Waals surface area contributed by atoms with Gasteiger partial charge in [0.25, 0.3) is 0 Å². The maximum atomic E-state index is 13.3. The first-order valence-electron chi connectivity index (χ1n) is 5.82. The zero-order chi connectivity index (χ0) is 13.0. The molecule has 0 unspecified atom stereocenters. The maximum Gasteiger partial charge on any atom is 0.196 e. The van der Waals surface area contributed by atoms with Crippen molar-refractivity contribution in [2.24, 2.45) is 0 Å². The molecule has 2 aromatic rings. The molecule has 3 nitrogen and oxygen atoms in total. The first kappa shape index (κ1) is 13.1. The molecule has 0 saturated carbocycles. The summed E-state index contributed by atoms with van der Waals surface area (Å²) in [7, 11) is 0. The van der Waals surface area contributed by atoms with E-state index >= 15 is 0 Å². The second-order valence-corrected chi connectivity index (χ2v) is 4.20. The van der Waals surface area contributed by atoms with Crippen LogP contribution in [0.3, 0.4) is 0 Å². The zero-order valence-corrected chi connectivity index (χ0v) is 10.8. The molecule has 0 saturated heterocycles. The van der Waals surface area contributed by atoms with Gasteiger partial charge in [0.2, 0.25) is 0 Å². The van der Waals surface area contributed by atoms with Crippen molar-refractivity contribution in [1.82, 2.24) is 10.3 Å². The molecule has 0 atom stereocenters. The van der Waals surface area contributed by atoms with Gasteiger partial charge in [0.15, 0.2) is 11.7 Å². The van der Waals surface area contributed by atoms with E-state index in [9.17, 15) is 4.39 Å². The van der Waals surface area contributed by atoms with E-state index in [1.54, 1.807) is 18.3 Å². The molecule has 0 amide bonds. The van der Waals surface area contributed by atoms with Gasteiger partial charge in [-0.1, -0.05) is 24.6 Å². The highest BCUT2D eigenvalue weighted by molar-refractivity contribution is 6.33. The summed E-state index contributed by atoms with van der Waals surface area (Å²) in [5.74, 6) is 0.650. The van der Waals surface area contributed by atoms with E-state index in [1.807, 2.05) is 6.92 Å². The third-order valence-electron chi connectivity index (χ3n) is 2.54. The average molecular weight is 269 g/mol. The molecule has 0 spiro atoms. The minimum absolute atomic E-state index is 0.0619. The maximum absolute atomic E-state index is 13.3. The summed E-state index contributed by atoms with van der Waals surface area (Å²) in [6.07, 6.45) is 2.27. The van der Waals surface area contributed by atoms with Crippen molar-refractivity contribution in [2.75, 3.05) is 13.1 Å². The van der Waals surface area contributed by atoms with Crippen LogP contribution in [0, 0.1) is 5.82 Å². The summed E-state index contributed by atoms with van der Waals surface area (Å²) >= 11 is 5.89. The molecular weight excluding hydrogens is 255 g/mol. The zero-order valence-electron chi connectivity index (χ0n) is 10.0. The van der Waals surface area contributed by atoms with E-state index in [2.05, 4.69) is 10.3 Å². The minimum Gasteiger partial charge on any atom is -0.441 e. The first-order chi connectivity index (χ1) is 8.72. The Labute approximate surface area is 110 Å². The SMILES string of the molecule is CCNCCc1ncc(-c2cccc(F)c2Cl)o1. The molecule has 96 valence electrons. The van der Waals surface area contributed by atoms with Crippen molar-refractivity contribution in [1.29, 1.82) is 0 Å². The first-order valence-corrected chi connectivity index (χ1v) is 6.20. The molecule has 0 bridgehead atoms. The van der Waals surface area contributed by atoms with E-state index in [0.29, 0.717) is 23.6 Å². The third-order valence-corrected chi connectivity index (χ3v) is 2.92. The molecule has 1 aromatic carbocycles. The van der Waals surface area contributed by atoms with Crippen molar-refractivity contribution in [3.8, 4) is 11.3 Å². The molecule has 5 heteroatoms. The average Bonchev–Trinajstić information content (AvgIpc) is 2.82. The van der Waals surface area contributed by atoms with Crippen LogP contribution in [0.5, 0.6) is 0 Å². The summed E-state index contributed by atoms with van der Waals surface area (Å²) < 4.78 is 18.9. The Balaban J connectivity index is 2.16. The number of benzene rings is 1. The van der Waals surface area contributed by atoms with Crippen molar-refractivity contribution >= 4 is 11.6 Å². The van der Waals surface area contributed by atoms with Gasteiger partial charge in [-0.05, 0) is 18.7 Å². The largest absolute Gasteiger partial charge is 0.441 e. The monoisotopic (exact) mass is 268 g/mol. The van der Waals surface area contributed by atoms with Crippen LogP contribution in [0.4, 0.5) is 4.39 Å². The van der Waals surface area contributed by atoms with E-state index in [1.165, 1.54) is 6.07 Å². The Hall–Kier alpha value is -1.39. The quantitative estimate of drug-likeness (QED) is 0.846. The molecule has 18 heavy (non-hydrogen) atoms. The number of nitrogens with one attached hydrogen (secondary N) is 1. The second kappa shape index (κ2) is 5.98. The Morgan fingerprint density at radius 1 is 1.44 bits per heavy atom. The molecule has 2 rings (SSSR count). The third kappa shape index (κ3) is 2.89. The molecular formula is C13H14ClFN2O. The van der Waals surface area contributed by atoms with Crippen LogP contribution in [0.25, 0.3) is 11.3 Å². The predicted octanol–water partition coefficient (Wildman–Crippen LogP) is 3.29. The number of rotatable bonds is 5. The van der Waals surface area contributed by atoms with Gasteiger partial charge in [-0.25, -0.2) is 9.37 Å². The van der Waals surface area contributed by atoms with Gasteiger partial charge < -0.3 is 9.73 Å². The molecule has 0 aliphatic carbocycles. The summed E-state index contributed by atoms with van der Waals surface area (Å²) in [5, 5.41) is 3.24. The van der Waals surface area contributed by atoms with Crippen LogP contribution in [-0.4, -0.2) is 18.1 Å². The molecule has 1 heterocycles. The normalized spacial score (nSPS) is 10.8. The summed E-state index contributed by atoms with van der Waals surface area (Å²) in [4.78, 5) is 4.15. The Bertz CT molecular complexity index is 527. The van der Waals surface area contributed by atoms with E-state index in [-0.39, 0.29) is 5.02 Å². The van der Waals surface area contributed by atoms with Crippen LogP contribution >= 0.6 is 11.6 Å². The highest BCUT2D eigenvalue weighted by Gasteiger charge is 2.12. The van der Waals surface area contributed by atoms with Crippen LogP contribution in [0.15, 0.2) is 28.8 Å². The fourth-order valence-corrected chi connectivity index (χ4v) is 1.84. The number of likely N-dealkylation sites (N-methyl/N-ethyl adjacent to an activating group) is 1. The van der Waals surface area contributed by atoms with Crippen molar-refractivity contribution < 1.29 is 8.81 Å². The van der Waals surface area contributed by atoms with Gasteiger partial charge in [0, 0.05) is 18.5 Å². The second-order valence-electron chi connectivity index (χ2n) is 3.82. The van der Waals surface area contributed by atoms with Crippen LogP contribution in [-0.2, 0) is 6.42 Å². The fraction of sp³-hybridized carbons (Fsp3) is 0.308. The predicted molar refractivity (Wildman–Crippen MR) is 69.2 cm³/mol. The summed E-state index contributed by atoms with van der Waals surface area (Å²) in [6, 6.07) is 4.62. The number of hydrogen-bond acceptors (Lipinski definition) is 3. The number of nitrogens with zero attached hydrogens (tertiary/aromatic N) is 1. The summed E-state index contributed by atoms with van der Waals surface area (Å²) in [5.41, 5.74) is 0.527. The van der Waals surface area contributed by atoms with Gasteiger partial charge in [0.1, 0.15) is 5.82 Å². The topological polar surface area (TPSA) is 38.1 Å². The van der Waals surface area contributed by atoms with Crippen LogP contribution in [0.2, 0.25) is 5.02 Å². The standard InChI is InChI=1S/C13H14ClFN2O/c1-2-16-7-6-12-17-8-11(18-12)9-4-3-5-10(15)13(9)14/h3-5,8,16H,2,6-7H2,1H3. The number of hydrogen-bond donors (Lipinski definition) is 1. The highest BCUT2D eigenvalue weighted by atomic mass is 35.5. The van der Waals surface area contributed by atoms with Gasteiger partial charge in [-0.15, -0.1) is 0 Å². The molecule has 0 aliphatic heterocycles. The lowest BCUT2D eigenvalue weighted by molar-refractivity contribution is 0.497. The minimum atomic E-state index is -0.459. The fourth-order valence-electron chi connectivity index (χ4n) is 1.62. The molecule has 0 aliphatic rings. The lowest BCUT2D eigenvalue weighted by atomic mass is 10.2. The Morgan fingerprint density at radius 2 is 2.28 bits per heavy atom. The lowest BCUT2D eigenvalue weighted by Crippen LogP contribution is -2.16. The van der Waals surface area contributed by atoms with Crippen LogP contribution in [0.1, 0.15) is 12.8 Å². The lowest BCUT2D eigenvalue weighted by Gasteiger charge is -2.01. The van der Waals surface area contributed by atoms with Crippen LogP contribution < -0.4 is 5.32 Å². The van der Waals surface area contributed by atoms with Crippen molar-refractivity contribution in [2.45, 2.75) is 13.3 Å². The molecule has 1 N–H and O–H groups in total.